The summed E-state index contributed by atoms with van der Waals surface area (Å²) in [7, 11) is 0. The van der Waals surface area contributed by atoms with Crippen molar-refractivity contribution < 1.29 is 39.4 Å². The Morgan fingerprint density at radius 1 is 0.510 bits per heavy atom. The Hall–Kier alpha value is -0.770. The normalized spacial score (nSPS) is 21.7. The second kappa shape index (κ2) is 33.8. The fourth-order valence-electron chi connectivity index (χ4n) is 7.21. The van der Waals surface area contributed by atoms with Gasteiger partial charge in [0, 0.05) is 13.0 Å². The van der Waals surface area contributed by atoms with Gasteiger partial charge >= 0.3 is 5.97 Å². The molecule has 51 heavy (non-hydrogen) atoms. The van der Waals surface area contributed by atoms with Gasteiger partial charge in [-0.3, -0.25) is 4.79 Å². The Kier molecular flexibility index (Phi) is 32.0. The summed E-state index contributed by atoms with van der Waals surface area (Å²) in [5.41, 5.74) is 0. The summed E-state index contributed by atoms with van der Waals surface area (Å²) in [5, 5.41) is 40.3. The highest BCUT2D eigenvalue weighted by atomic mass is 16.6. The predicted octanol–water partition coefficient (Wildman–Crippen LogP) is 9.75. The first-order chi connectivity index (χ1) is 24.8. The molecule has 304 valence electrons. The van der Waals surface area contributed by atoms with Crippen LogP contribution in [0.15, 0.2) is 0 Å². The molecule has 0 heterocycles. The van der Waals surface area contributed by atoms with Crippen molar-refractivity contribution in [3.63, 3.8) is 0 Å². The summed E-state index contributed by atoms with van der Waals surface area (Å²) < 4.78 is 17.3. The molecule has 1 fully saturated rings. The molecule has 1 saturated carbocycles. The maximum atomic E-state index is 12.7. The minimum absolute atomic E-state index is 0.100. The molecule has 0 aromatic rings. The van der Waals surface area contributed by atoms with Crippen LogP contribution in [0, 0.1) is 5.92 Å². The van der Waals surface area contributed by atoms with E-state index in [2.05, 4.69) is 20.8 Å². The Labute approximate surface area is 314 Å². The topological polar surface area (TPSA) is 126 Å². The molecule has 4 N–H and O–H groups in total. The molecule has 0 aliphatic heterocycles. The molecule has 0 aromatic carbocycles. The third-order valence-corrected chi connectivity index (χ3v) is 10.8. The first-order valence-corrected chi connectivity index (χ1v) is 21.9. The van der Waals surface area contributed by atoms with Crippen LogP contribution in [0.25, 0.3) is 0 Å². The van der Waals surface area contributed by atoms with Crippen LogP contribution in [0.1, 0.15) is 207 Å². The number of hydrogen-bond acceptors (Lipinski definition) is 8. The molecule has 8 heteroatoms. The third kappa shape index (κ3) is 25.8. The van der Waals surface area contributed by atoms with E-state index in [0.29, 0.717) is 18.9 Å². The summed E-state index contributed by atoms with van der Waals surface area (Å²) in [6.45, 7) is 7.40. The van der Waals surface area contributed by atoms with E-state index in [-0.39, 0.29) is 19.2 Å². The van der Waals surface area contributed by atoms with Gasteiger partial charge in [0.2, 0.25) is 0 Å². The maximum Gasteiger partial charge on any atom is 0.306 e. The van der Waals surface area contributed by atoms with Crippen molar-refractivity contribution >= 4 is 5.97 Å². The summed E-state index contributed by atoms with van der Waals surface area (Å²) in [6.07, 6.45) is 28.5. The SMILES string of the molecule is CCCCCCCCCCCCCCCCCC(=O)OC(COCCC(C)CCCCCCCCCCCCC)COC1[C@@H](O)[C@@H](O)[C@@H](O)[C@H]1O. The molecular formula is C43H84O8. The zero-order chi connectivity index (χ0) is 37.4. The van der Waals surface area contributed by atoms with Gasteiger partial charge in [-0.1, -0.05) is 188 Å². The first kappa shape index (κ1) is 48.2. The van der Waals surface area contributed by atoms with Crippen LogP contribution in [0.5, 0.6) is 0 Å². The van der Waals surface area contributed by atoms with E-state index in [0.717, 1.165) is 25.7 Å². The van der Waals surface area contributed by atoms with Crippen molar-refractivity contribution in [3.05, 3.63) is 0 Å². The largest absolute Gasteiger partial charge is 0.457 e. The lowest BCUT2D eigenvalue weighted by molar-refractivity contribution is -0.163. The molecule has 1 aliphatic rings. The fraction of sp³-hybridized carbons (Fsp3) is 0.977. The lowest BCUT2D eigenvalue weighted by Gasteiger charge is -2.24. The van der Waals surface area contributed by atoms with Crippen molar-refractivity contribution in [3.8, 4) is 0 Å². The van der Waals surface area contributed by atoms with Gasteiger partial charge in [-0.25, -0.2) is 0 Å². The molecule has 1 aliphatic carbocycles. The average Bonchev–Trinajstić information content (AvgIpc) is 3.30. The zero-order valence-electron chi connectivity index (χ0n) is 33.6. The average molecular weight is 729 g/mol. The van der Waals surface area contributed by atoms with E-state index >= 15 is 0 Å². The number of aliphatic hydroxyl groups excluding tert-OH is 4. The molecule has 1 rings (SSSR count). The zero-order valence-corrected chi connectivity index (χ0v) is 33.6. The van der Waals surface area contributed by atoms with E-state index in [1.807, 2.05) is 0 Å². The highest BCUT2D eigenvalue weighted by Gasteiger charge is 2.49. The van der Waals surface area contributed by atoms with Crippen molar-refractivity contribution in [2.24, 2.45) is 5.92 Å². The van der Waals surface area contributed by atoms with Crippen molar-refractivity contribution in [2.45, 2.75) is 244 Å². The van der Waals surface area contributed by atoms with E-state index in [9.17, 15) is 25.2 Å². The molecule has 0 radical (unpaired) electrons. The van der Waals surface area contributed by atoms with Gasteiger partial charge in [-0.2, -0.15) is 0 Å². The minimum Gasteiger partial charge on any atom is -0.457 e. The maximum absolute atomic E-state index is 12.7. The van der Waals surface area contributed by atoms with Crippen LogP contribution in [0.4, 0.5) is 0 Å². The lowest BCUT2D eigenvalue weighted by atomic mass is 9.99. The molecule has 0 aromatic heterocycles. The van der Waals surface area contributed by atoms with Gasteiger partial charge in [0.25, 0.3) is 0 Å². The van der Waals surface area contributed by atoms with Gasteiger partial charge in [0.15, 0.2) is 0 Å². The summed E-state index contributed by atoms with van der Waals surface area (Å²) in [4.78, 5) is 12.7. The predicted molar refractivity (Wildman–Crippen MR) is 209 cm³/mol. The highest BCUT2D eigenvalue weighted by molar-refractivity contribution is 5.69. The second-order valence-electron chi connectivity index (χ2n) is 15.9. The van der Waals surface area contributed by atoms with E-state index in [1.54, 1.807) is 0 Å². The number of hydrogen-bond donors (Lipinski definition) is 4. The second-order valence-corrected chi connectivity index (χ2v) is 15.9. The lowest BCUT2D eigenvalue weighted by Crippen LogP contribution is -2.39. The standard InChI is InChI=1S/C43H84O8/c1-4-6-8-10-12-14-16-17-18-19-21-23-25-27-29-31-38(44)51-37(35-50-43-41(47)39(45)40(46)42(43)48)34-49-33-32-36(3)30-28-26-24-22-20-15-13-11-9-7-5-2/h36-37,39-43,45-48H,4-35H2,1-3H3/t36?,37?,39-,40+,41-,42+,43?. The number of esters is 1. The molecular weight excluding hydrogens is 644 g/mol. The Bertz CT molecular complexity index is 752. The van der Waals surface area contributed by atoms with Gasteiger partial charge in [0.05, 0.1) is 13.2 Å². The molecule has 3 unspecified atom stereocenters. The third-order valence-electron chi connectivity index (χ3n) is 10.8. The minimum atomic E-state index is -1.49. The van der Waals surface area contributed by atoms with E-state index < -0.39 is 36.6 Å². The van der Waals surface area contributed by atoms with E-state index in [1.165, 1.54) is 154 Å². The van der Waals surface area contributed by atoms with Crippen LogP contribution in [0.2, 0.25) is 0 Å². The Morgan fingerprint density at radius 2 is 0.902 bits per heavy atom. The van der Waals surface area contributed by atoms with Crippen molar-refractivity contribution in [1.82, 2.24) is 0 Å². The van der Waals surface area contributed by atoms with Gasteiger partial charge in [-0.05, 0) is 18.8 Å². The molecule has 0 spiro atoms. The molecule has 8 nitrogen and oxygen atoms in total. The number of carbonyl (C=O) groups excluding carboxylic acids is 1. The Balaban J connectivity index is 2.24. The molecule has 0 amide bonds. The van der Waals surface area contributed by atoms with Crippen LogP contribution in [-0.2, 0) is 19.0 Å². The Morgan fingerprint density at radius 3 is 1.33 bits per heavy atom. The smallest absolute Gasteiger partial charge is 0.306 e. The van der Waals surface area contributed by atoms with E-state index in [4.69, 9.17) is 14.2 Å². The highest BCUT2D eigenvalue weighted by Crippen LogP contribution is 2.25. The van der Waals surface area contributed by atoms with Gasteiger partial charge in [-0.15, -0.1) is 0 Å². The van der Waals surface area contributed by atoms with Crippen LogP contribution >= 0.6 is 0 Å². The summed E-state index contributed by atoms with van der Waals surface area (Å²) in [6, 6.07) is 0. The molecule has 0 saturated heterocycles. The number of rotatable bonds is 37. The number of ether oxygens (including phenoxy) is 3. The first-order valence-electron chi connectivity index (χ1n) is 21.9. The van der Waals surface area contributed by atoms with Gasteiger partial charge in [0.1, 0.15) is 36.6 Å². The summed E-state index contributed by atoms with van der Waals surface area (Å²) >= 11 is 0. The quantitative estimate of drug-likeness (QED) is 0.0368. The van der Waals surface area contributed by atoms with Crippen LogP contribution < -0.4 is 0 Å². The number of carbonyl (C=O) groups is 1. The van der Waals surface area contributed by atoms with Crippen molar-refractivity contribution in [1.29, 1.82) is 0 Å². The fourth-order valence-corrected chi connectivity index (χ4v) is 7.21. The summed E-state index contributed by atoms with van der Waals surface area (Å²) in [5.74, 6) is 0.247. The molecule has 0 bridgehead atoms. The molecule has 7 atom stereocenters. The number of unbranched alkanes of at least 4 members (excludes halogenated alkanes) is 24. The van der Waals surface area contributed by atoms with Gasteiger partial charge < -0.3 is 34.6 Å². The van der Waals surface area contributed by atoms with Crippen LogP contribution in [-0.4, -0.2) is 82.8 Å². The number of aliphatic hydroxyl groups is 4. The van der Waals surface area contributed by atoms with Crippen molar-refractivity contribution in [2.75, 3.05) is 19.8 Å². The monoisotopic (exact) mass is 729 g/mol. The van der Waals surface area contributed by atoms with Crippen LogP contribution in [0.3, 0.4) is 0 Å².